The number of aromatic nitrogens is 4. The number of nitrogens with zero attached hydrogens (tertiary/aromatic N) is 3. The van der Waals surface area contributed by atoms with E-state index in [0.29, 0.717) is 17.9 Å². The largest absolute Gasteiger partial charge is 0.368 e. The lowest BCUT2D eigenvalue weighted by molar-refractivity contribution is 0.1000. The minimum Gasteiger partial charge on any atom is -0.368 e. The third kappa shape index (κ3) is 3.87. The maximum absolute atomic E-state index is 11.5. The van der Waals surface area contributed by atoms with Crippen LogP contribution in [0.5, 0.6) is 0 Å². The number of hydrogen-bond acceptors (Lipinski definition) is 5. The van der Waals surface area contributed by atoms with E-state index in [4.69, 9.17) is 5.73 Å². The zero-order chi connectivity index (χ0) is 21.3. The Balaban J connectivity index is 1.48. The first-order valence-electron chi connectivity index (χ1n) is 9.76. The standard InChI is InChI=1S/C23H24N6O/c1-14-18-12-15(7-8-20(18)28-26-14)19-9-10-21(29-27-19)25-13-23(2,3)17-6-4-5-16(11-17)22(24)30/h4-12H,13H2,1-3H3,(H2,24,30)(H,25,29)(H,26,28). The van der Waals surface area contributed by atoms with Gasteiger partial charge in [-0.2, -0.15) is 5.10 Å². The van der Waals surface area contributed by atoms with Crippen molar-refractivity contribution in [2.75, 3.05) is 11.9 Å². The molecule has 7 nitrogen and oxygen atoms in total. The third-order valence-electron chi connectivity index (χ3n) is 5.34. The summed E-state index contributed by atoms with van der Waals surface area (Å²) in [6.07, 6.45) is 0. The molecule has 2 heterocycles. The van der Waals surface area contributed by atoms with Gasteiger partial charge in [-0.15, -0.1) is 10.2 Å². The van der Waals surface area contributed by atoms with Gasteiger partial charge in [-0.1, -0.05) is 32.0 Å². The van der Waals surface area contributed by atoms with Crippen molar-refractivity contribution in [2.45, 2.75) is 26.2 Å². The predicted molar refractivity (Wildman–Crippen MR) is 118 cm³/mol. The Morgan fingerprint density at radius 3 is 2.67 bits per heavy atom. The molecule has 0 bridgehead atoms. The summed E-state index contributed by atoms with van der Waals surface area (Å²) in [6.45, 7) is 6.83. The number of nitrogens with two attached hydrogens (primary N) is 1. The fraction of sp³-hybridized carbons (Fsp3) is 0.217. The Morgan fingerprint density at radius 2 is 1.93 bits per heavy atom. The van der Waals surface area contributed by atoms with E-state index in [-0.39, 0.29) is 5.41 Å². The van der Waals surface area contributed by atoms with E-state index in [1.165, 1.54) is 0 Å². The summed E-state index contributed by atoms with van der Waals surface area (Å²) in [7, 11) is 0. The highest BCUT2D eigenvalue weighted by atomic mass is 16.1. The second kappa shape index (κ2) is 7.59. The molecule has 0 aliphatic carbocycles. The Hall–Kier alpha value is -3.74. The number of hydrogen-bond donors (Lipinski definition) is 3. The lowest BCUT2D eigenvalue weighted by Gasteiger charge is -2.26. The number of carbonyl (C=O) groups excluding carboxylic acids is 1. The first-order chi connectivity index (χ1) is 14.3. The lowest BCUT2D eigenvalue weighted by Crippen LogP contribution is -2.28. The zero-order valence-electron chi connectivity index (χ0n) is 17.2. The van der Waals surface area contributed by atoms with E-state index in [1.54, 1.807) is 6.07 Å². The maximum Gasteiger partial charge on any atom is 0.248 e. The topological polar surface area (TPSA) is 110 Å². The van der Waals surface area contributed by atoms with Crippen LogP contribution in [0.25, 0.3) is 22.2 Å². The number of rotatable bonds is 6. The van der Waals surface area contributed by atoms with Crippen LogP contribution >= 0.6 is 0 Å². The average Bonchev–Trinajstić information content (AvgIpc) is 3.13. The summed E-state index contributed by atoms with van der Waals surface area (Å²) < 4.78 is 0. The normalized spacial score (nSPS) is 11.6. The summed E-state index contributed by atoms with van der Waals surface area (Å²) in [5.74, 6) is 0.268. The molecule has 4 aromatic rings. The monoisotopic (exact) mass is 400 g/mol. The molecule has 0 aliphatic heterocycles. The molecule has 30 heavy (non-hydrogen) atoms. The molecule has 2 aromatic carbocycles. The van der Waals surface area contributed by atoms with E-state index >= 15 is 0 Å². The van der Waals surface area contributed by atoms with Gasteiger partial charge in [0.1, 0.15) is 5.82 Å². The molecular formula is C23H24N6O. The van der Waals surface area contributed by atoms with Gasteiger partial charge in [0.2, 0.25) is 5.91 Å². The van der Waals surface area contributed by atoms with Gasteiger partial charge in [-0.05, 0) is 48.9 Å². The molecule has 7 heteroatoms. The number of aryl methyl sites for hydroxylation is 1. The highest BCUT2D eigenvalue weighted by molar-refractivity contribution is 5.93. The van der Waals surface area contributed by atoms with Gasteiger partial charge in [0, 0.05) is 34.2 Å². The van der Waals surface area contributed by atoms with Gasteiger partial charge < -0.3 is 11.1 Å². The maximum atomic E-state index is 11.5. The minimum absolute atomic E-state index is 0.227. The van der Waals surface area contributed by atoms with Crippen LogP contribution in [0, 0.1) is 6.92 Å². The molecule has 0 aliphatic rings. The summed E-state index contributed by atoms with van der Waals surface area (Å²) >= 11 is 0. The van der Waals surface area contributed by atoms with Crippen molar-refractivity contribution in [1.29, 1.82) is 0 Å². The summed E-state index contributed by atoms with van der Waals surface area (Å²) in [6, 6.07) is 17.3. The predicted octanol–water partition coefficient (Wildman–Crippen LogP) is 3.82. The highest BCUT2D eigenvalue weighted by Gasteiger charge is 2.21. The molecule has 4 rings (SSSR count). The van der Waals surface area contributed by atoms with Gasteiger partial charge in [0.05, 0.1) is 11.2 Å². The number of carbonyl (C=O) groups is 1. The Morgan fingerprint density at radius 1 is 1.10 bits per heavy atom. The molecular weight excluding hydrogens is 376 g/mol. The van der Waals surface area contributed by atoms with Gasteiger partial charge in [-0.3, -0.25) is 9.89 Å². The second-order valence-electron chi connectivity index (χ2n) is 8.07. The molecule has 4 N–H and O–H groups in total. The number of anilines is 1. The molecule has 0 saturated carbocycles. The SMILES string of the molecule is Cc1[nH]nc2ccc(-c3ccc(NCC(C)(C)c4cccc(C(N)=O)c4)nn3)cc12. The summed E-state index contributed by atoms with van der Waals surface area (Å²) in [5.41, 5.74) is 10.5. The van der Waals surface area contributed by atoms with Crippen LogP contribution in [-0.2, 0) is 5.41 Å². The Labute approximate surface area is 174 Å². The Bertz CT molecular complexity index is 1210. The molecule has 152 valence electrons. The highest BCUT2D eigenvalue weighted by Crippen LogP contribution is 2.26. The van der Waals surface area contributed by atoms with Crippen LogP contribution in [0.1, 0.15) is 35.5 Å². The van der Waals surface area contributed by atoms with E-state index in [9.17, 15) is 4.79 Å². The quantitative estimate of drug-likeness (QED) is 0.456. The first-order valence-corrected chi connectivity index (χ1v) is 9.76. The third-order valence-corrected chi connectivity index (χ3v) is 5.34. The molecule has 0 radical (unpaired) electrons. The average molecular weight is 400 g/mol. The number of nitrogens with one attached hydrogen (secondary N) is 2. The number of primary amides is 1. The van der Waals surface area contributed by atoms with E-state index in [1.807, 2.05) is 49.4 Å². The number of fused-ring (bicyclic) bond motifs is 1. The molecule has 2 aromatic heterocycles. The Kier molecular flexibility index (Phi) is 4.95. The van der Waals surface area contributed by atoms with Crippen LogP contribution in [-0.4, -0.2) is 32.8 Å². The van der Waals surface area contributed by atoms with Gasteiger partial charge in [0.25, 0.3) is 0 Å². The molecule has 0 saturated heterocycles. The van der Waals surface area contributed by atoms with Crippen molar-refractivity contribution in [1.82, 2.24) is 20.4 Å². The summed E-state index contributed by atoms with van der Waals surface area (Å²) in [5, 5.41) is 20.4. The minimum atomic E-state index is -0.425. The lowest BCUT2D eigenvalue weighted by atomic mass is 9.83. The second-order valence-corrected chi connectivity index (χ2v) is 8.07. The van der Waals surface area contributed by atoms with Crippen molar-refractivity contribution in [2.24, 2.45) is 5.73 Å². The number of H-pyrrole nitrogens is 1. The van der Waals surface area contributed by atoms with Crippen LogP contribution < -0.4 is 11.1 Å². The van der Waals surface area contributed by atoms with Crippen molar-refractivity contribution >= 4 is 22.6 Å². The number of aromatic amines is 1. The van der Waals surface area contributed by atoms with Crippen LogP contribution in [0.3, 0.4) is 0 Å². The number of amides is 1. The molecule has 1 amide bonds. The molecule has 0 spiro atoms. The van der Waals surface area contributed by atoms with Crippen LogP contribution in [0.4, 0.5) is 5.82 Å². The fourth-order valence-electron chi connectivity index (χ4n) is 3.39. The van der Waals surface area contributed by atoms with Crippen molar-refractivity contribution < 1.29 is 4.79 Å². The van der Waals surface area contributed by atoms with E-state index in [0.717, 1.165) is 33.4 Å². The van der Waals surface area contributed by atoms with E-state index in [2.05, 4.69) is 45.6 Å². The van der Waals surface area contributed by atoms with Crippen molar-refractivity contribution in [3.8, 4) is 11.3 Å². The smallest absolute Gasteiger partial charge is 0.248 e. The van der Waals surface area contributed by atoms with E-state index < -0.39 is 5.91 Å². The first kappa shape index (κ1) is 19.6. The van der Waals surface area contributed by atoms with Gasteiger partial charge in [0.15, 0.2) is 0 Å². The van der Waals surface area contributed by atoms with Gasteiger partial charge in [-0.25, -0.2) is 0 Å². The molecule has 0 unspecified atom stereocenters. The molecule has 0 fully saturated rings. The van der Waals surface area contributed by atoms with Gasteiger partial charge >= 0.3 is 0 Å². The fourth-order valence-corrected chi connectivity index (χ4v) is 3.39. The molecule has 0 atom stereocenters. The summed E-state index contributed by atoms with van der Waals surface area (Å²) in [4.78, 5) is 11.5. The van der Waals surface area contributed by atoms with Crippen LogP contribution in [0.15, 0.2) is 54.6 Å². The van der Waals surface area contributed by atoms with Crippen LogP contribution in [0.2, 0.25) is 0 Å². The van der Waals surface area contributed by atoms with Crippen molar-refractivity contribution in [3.63, 3.8) is 0 Å². The zero-order valence-corrected chi connectivity index (χ0v) is 17.2. The van der Waals surface area contributed by atoms with Crippen molar-refractivity contribution in [3.05, 3.63) is 71.4 Å². The number of benzene rings is 2.